The molecule has 1 aliphatic heterocycles. The molecule has 27 heavy (non-hydrogen) atoms. The van der Waals surface area contributed by atoms with Crippen molar-refractivity contribution in [3.8, 4) is 0 Å². The number of thiophene rings is 1. The fourth-order valence-electron chi connectivity index (χ4n) is 3.40. The largest absolute Gasteiger partial charge is 0.462 e. The van der Waals surface area contributed by atoms with E-state index in [0.29, 0.717) is 24.6 Å². The monoisotopic (exact) mass is 383 g/mol. The summed E-state index contributed by atoms with van der Waals surface area (Å²) in [6.45, 7) is 6.18. The molecule has 1 aromatic carbocycles. The van der Waals surface area contributed by atoms with Gasteiger partial charge >= 0.3 is 5.97 Å². The van der Waals surface area contributed by atoms with Crippen molar-refractivity contribution in [2.24, 2.45) is 0 Å². The van der Waals surface area contributed by atoms with Gasteiger partial charge in [-0.1, -0.05) is 30.3 Å². The van der Waals surface area contributed by atoms with Gasteiger partial charge in [-0.2, -0.15) is 0 Å². The van der Waals surface area contributed by atoms with E-state index in [4.69, 9.17) is 9.47 Å². The van der Waals surface area contributed by atoms with Gasteiger partial charge in [-0.25, -0.2) is 14.8 Å². The van der Waals surface area contributed by atoms with E-state index in [1.165, 1.54) is 11.3 Å². The number of morpholine rings is 1. The van der Waals surface area contributed by atoms with Crippen molar-refractivity contribution < 1.29 is 14.3 Å². The summed E-state index contributed by atoms with van der Waals surface area (Å²) in [4.78, 5) is 24.8. The number of rotatable bonds is 4. The number of carbonyl (C=O) groups is 1. The van der Waals surface area contributed by atoms with Crippen LogP contribution in [0.5, 0.6) is 0 Å². The van der Waals surface area contributed by atoms with Crippen molar-refractivity contribution in [1.82, 2.24) is 9.97 Å². The van der Waals surface area contributed by atoms with Crippen LogP contribution in [0.4, 0.5) is 5.82 Å². The predicted molar refractivity (Wildman–Crippen MR) is 105 cm³/mol. The van der Waals surface area contributed by atoms with Gasteiger partial charge in [0, 0.05) is 13.1 Å². The van der Waals surface area contributed by atoms with Crippen LogP contribution >= 0.6 is 11.3 Å². The highest BCUT2D eigenvalue weighted by atomic mass is 32.1. The van der Waals surface area contributed by atoms with E-state index < -0.39 is 0 Å². The van der Waals surface area contributed by atoms with Gasteiger partial charge in [0.05, 0.1) is 18.6 Å². The highest BCUT2D eigenvalue weighted by Gasteiger charge is 2.27. The number of fused-ring (bicyclic) bond motifs is 1. The Hall–Kier alpha value is -2.51. The summed E-state index contributed by atoms with van der Waals surface area (Å²) in [5, 5.41) is 0.930. The zero-order valence-corrected chi connectivity index (χ0v) is 16.2. The van der Waals surface area contributed by atoms with Crippen molar-refractivity contribution in [1.29, 1.82) is 0 Å². The van der Waals surface area contributed by atoms with Crippen molar-refractivity contribution in [3.63, 3.8) is 0 Å². The zero-order valence-electron chi connectivity index (χ0n) is 15.3. The molecule has 3 aromatic rings. The van der Waals surface area contributed by atoms with Crippen molar-refractivity contribution in [2.45, 2.75) is 20.0 Å². The zero-order chi connectivity index (χ0) is 18.8. The van der Waals surface area contributed by atoms with Crippen LogP contribution in [-0.2, 0) is 9.47 Å². The molecule has 1 atom stereocenters. The standard InChI is InChI=1S/C20H21N3O3S/c1-3-25-20(24)17-13(2)16-18(21-12-22-19(16)27-17)23-9-10-26-15(11-23)14-7-5-4-6-8-14/h4-8,12,15H,3,9-11H2,1-2H3/t15-/m1/s1. The van der Waals surface area contributed by atoms with Gasteiger partial charge in [0.2, 0.25) is 0 Å². The summed E-state index contributed by atoms with van der Waals surface area (Å²) in [5.74, 6) is 0.557. The number of nitrogens with zero attached hydrogens (tertiary/aromatic N) is 3. The quantitative estimate of drug-likeness (QED) is 0.639. The smallest absolute Gasteiger partial charge is 0.348 e. The fourth-order valence-corrected chi connectivity index (χ4v) is 4.43. The second-order valence-corrected chi connectivity index (χ2v) is 7.37. The highest BCUT2D eigenvalue weighted by Crippen LogP contribution is 2.36. The molecular formula is C20H21N3O3S. The summed E-state index contributed by atoms with van der Waals surface area (Å²) in [7, 11) is 0. The topological polar surface area (TPSA) is 64.5 Å². The number of esters is 1. The summed E-state index contributed by atoms with van der Waals surface area (Å²) < 4.78 is 11.2. The van der Waals surface area contributed by atoms with Gasteiger partial charge in [0.25, 0.3) is 0 Å². The molecule has 0 unspecified atom stereocenters. The summed E-state index contributed by atoms with van der Waals surface area (Å²) >= 11 is 1.36. The minimum absolute atomic E-state index is 0.00608. The minimum Gasteiger partial charge on any atom is -0.462 e. The molecule has 0 amide bonds. The molecule has 7 heteroatoms. The van der Waals surface area contributed by atoms with E-state index in [-0.39, 0.29) is 12.1 Å². The first-order valence-corrected chi connectivity index (χ1v) is 9.83. The van der Waals surface area contributed by atoms with E-state index >= 15 is 0 Å². The van der Waals surface area contributed by atoms with Crippen molar-refractivity contribution >= 4 is 33.3 Å². The summed E-state index contributed by atoms with van der Waals surface area (Å²) in [6, 6.07) is 10.2. The molecular weight excluding hydrogens is 362 g/mol. The molecule has 3 heterocycles. The first-order valence-electron chi connectivity index (χ1n) is 9.01. The third-order valence-corrected chi connectivity index (χ3v) is 5.88. The van der Waals surface area contributed by atoms with Crippen molar-refractivity contribution in [2.75, 3.05) is 31.2 Å². The first-order chi connectivity index (χ1) is 13.2. The molecule has 4 rings (SSSR count). The third kappa shape index (κ3) is 3.40. The second kappa shape index (κ2) is 7.62. The Labute approximate surface area is 161 Å². The number of ether oxygens (including phenoxy) is 2. The van der Waals surface area contributed by atoms with Gasteiger partial charge < -0.3 is 14.4 Å². The number of benzene rings is 1. The molecule has 6 nitrogen and oxygen atoms in total. The average Bonchev–Trinajstić information content (AvgIpc) is 3.06. The Morgan fingerprint density at radius 2 is 2.15 bits per heavy atom. The number of aryl methyl sites for hydroxylation is 1. The molecule has 2 aromatic heterocycles. The molecule has 0 bridgehead atoms. The number of carbonyl (C=O) groups excluding carboxylic acids is 1. The number of anilines is 1. The normalized spacial score (nSPS) is 17.3. The highest BCUT2D eigenvalue weighted by molar-refractivity contribution is 7.20. The molecule has 0 N–H and O–H groups in total. The lowest BCUT2D eigenvalue weighted by Crippen LogP contribution is -2.39. The number of hydrogen-bond donors (Lipinski definition) is 0. The maximum atomic E-state index is 12.3. The predicted octanol–water partition coefficient (Wildman–Crippen LogP) is 3.75. The van der Waals surface area contributed by atoms with E-state index in [1.807, 2.05) is 32.0 Å². The van der Waals surface area contributed by atoms with E-state index in [0.717, 1.165) is 33.7 Å². The van der Waals surface area contributed by atoms with E-state index in [9.17, 15) is 4.79 Å². The SMILES string of the molecule is CCOC(=O)c1sc2ncnc(N3CCO[C@@H](c4ccccc4)C3)c2c1C. The summed E-state index contributed by atoms with van der Waals surface area (Å²) in [6.07, 6.45) is 1.56. The minimum atomic E-state index is -0.298. The lowest BCUT2D eigenvalue weighted by atomic mass is 10.1. The van der Waals surface area contributed by atoms with Crippen LogP contribution in [0.1, 0.15) is 33.8 Å². The molecule has 1 saturated heterocycles. The molecule has 0 spiro atoms. The number of aromatic nitrogens is 2. The summed E-state index contributed by atoms with van der Waals surface area (Å²) in [5.41, 5.74) is 2.04. The van der Waals surface area contributed by atoms with Gasteiger partial charge in [-0.3, -0.25) is 0 Å². The second-order valence-electron chi connectivity index (χ2n) is 6.37. The van der Waals surface area contributed by atoms with Crippen LogP contribution in [0.2, 0.25) is 0 Å². The Morgan fingerprint density at radius 1 is 1.33 bits per heavy atom. The van der Waals surface area contributed by atoms with Crippen LogP contribution in [-0.4, -0.2) is 42.2 Å². The molecule has 0 radical (unpaired) electrons. The van der Waals surface area contributed by atoms with Crippen LogP contribution < -0.4 is 4.90 Å². The molecule has 1 aliphatic rings. The van der Waals surface area contributed by atoms with Gasteiger partial charge in [0.1, 0.15) is 28.0 Å². The van der Waals surface area contributed by atoms with Gasteiger partial charge in [-0.15, -0.1) is 11.3 Å². The Bertz CT molecular complexity index is 958. The van der Waals surface area contributed by atoms with E-state index in [1.54, 1.807) is 6.33 Å². The fraction of sp³-hybridized carbons (Fsp3) is 0.350. The molecule has 0 aliphatic carbocycles. The Balaban J connectivity index is 1.70. The lowest BCUT2D eigenvalue weighted by molar-refractivity contribution is 0.0396. The van der Waals surface area contributed by atoms with Crippen molar-refractivity contribution in [3.05, 3.63) is 52.7 Å². The molecule has 1 fully saturated rings. The first kappa shape index (κ1) is 17.9. The van der Waals surface area contributed by atoms with Crippen LogP contribution in [0.25, 0.3) is 10.2 Å². The Kier molecular flexibility index (Phi) is 5.05. The molecule has 0 saturated carbocycles. The maximum absolute atomic E-state index is 12.3. The van der Waals surface area contributed by atoms with Crippen LogP contribution in [0, 0.1) is 6.92 Å². The maximum Gasteiger partial charge on any atom is 0.348 e. The average molecular weight is 383 g/mol. The number of hydrogen-bond acceptors (Lipinski definition) is 7. The van der Waals surface area contributed by atoms with Gasteiger partial charge in [-0.05, 0) is 25.0 Å². The lowest BCUT2D eigenvalue weighted by Gasteiger charge is -2.34. The van der Waals surface area contributed by atoms with Crippen LogP contribution in [0.15, 0.2) is 36.7 Å². The van der Waals surface area contributed by atoms with Crippen LogP contribution in [0.3, 0.4) is 0 Å². The third-order valence-electron chi connectivity index (χ3n) is 4.70. The van der Waals surface area contributed by atoms with Gasteiger partial charge in [0.15, 0.2) is 0 Å². The van der Waals surface area contributed by atoms with E-state index in [2.05, 4.69) is 27.0 Å². The Morgan fingerprint density at radius 3 is 2.93 bits per heavy atom. The molecule has 140 valence electrons.